The van der Waals surface area contributed by atoms with Crippen molar-refractivity contribution >= 4 is 17.9 Å². The second-order valence-electron chi connectivity index (χ2n) is 7.33. The number of nitrogens with zero attached hydrogens (tertiary/aromatic N) is 1. The van der Waals surface area contributed by atoms with Crippen LogP contribution in [0.1, 0.15) is 41.6 Å². The Morgan fingerprint density at radius 1 is 1.18 bits per heavy atom. The van der Waals surface area contributed by atoms with Gasteiger partial charge in [0.25, 0.3) is 5.91 Å². The smallest absolute Gasteiger partial charge is 0.317 e. The van der Waals surface area contributed by atoms with Crippen LogP contribution in [0.15, 0.2) is 24.3 Å². The number of hydrogen-bond donors (Lipinski definition) is 3. The molecule has 152 valence electrons. The molecule has 2 heterocycles. The minimum Gasteiger partial charge on any atom is -0.481 e. The molecule has 1 aromatic rings. The van der Waals surface area contributed by atoms with Gasteiger partial charge in [-0.05, 0) is 43.4 Å². The van der Waals surface area contributed by atoms with Gasteiger partial charge in [0, 0.05) is 38.3 Å². The topological polar surface area (TPSA) is 108 Å². The molecule has 2 saturated heterocycles. The lowest BCUT2D eigenvalue weighted by Crippen LogP contribution is -2.46. The van der Waals surface area contributed by atoms with Crippen molar-refractivity contribution in [2.24, 2.45) is 5.92 Å². The van der Waals surface area contributed by atoms with Crippen molar-refractivity contribution in [3.8, 4) is 0 Å². The Morgan fingerprint density at radius 3 is 2.79 bits per heavy atom. The van der Waals surface area contributed by atoms with Crippen LogP contribution in [0.4, 0.5) is 4.79 Å². The number of ether oxygens (including phenoxy) is 1. The maximum atomic E-state index is 12.3. The predicted molar refractivity (Wildman–Crippen MR) is 102 cm³/mol. The molecule has 0 aromatic heterocycles. The maximum Gasteiger partial charge on any atom is 0.317 e. The highest BCUT2D eigenvalue weighted by Crippen LogP contribution is 2.17. The van der Waals surface area contributed by atoms with Crippen molar-refractivity contribution < 1.29 is 24.2 Å². The second kappa shape index (κ2) is 9.54. The van der Waals surface area contributed by atoms with E-state index in [1.165, 1.54) is 0 Å². The minimum atomic E-state index is -0.862. The number of aliphatic carboxylic acids is 1. The molecule has 0 spiro atoms. The van der Waals surface area contributed by atoms with Crippen LogP contribution in [-0.4, -0.2) is 60.3 Å². The van der Waals surface area contributed by atoms with E-state index in [0.717, 1.165) is 25.0 Å². The molecule has 3 amide bonds. The molecule has 1 aromatic carbocycles. The molecule has 0 saturated carbocycles. The van der Waals surface area contributed by atoms with Crippen molar-refractivity contribution in [2.75, 3.05) is 26.2 Å². The maximum absolute atomic E-state index is 12.3. The zero-order chi connectivity index (χ0) is 19.9. The second-order valence-corrected chi connectivity index (χ2v) is 7.33. The molecule has 3 rings (SSSR count). The lowest BCUT2D eigenvalue weighted by molar-refractivity contribution is -0.143. The van der Waals surface area contributed by atoms with Crippen molar-refractivity contribution in [3.05, 3.63) is 35.4 Å². The quantitative estimate of drug-likeness (QED) is 0.685. The van der Waals surface area contributed by atoms with Gasteiger partial charge in [0.15, 0.2) is 0 Å². The lowest BCUT2D eigenvalue weighted by Gasteiger charge is -2.30. The van der Waals surface area contributed by atoms with Crippen LogP contribution in [0, 0.1) is 5.92 Å². The average molecular weight is 389 g/mol. The van der Waals surface area contributed by atoms with Crippen molar-refractivity contribution in [3.63, 3.8) is 0 Å². The van der Waals surface area contributed by atoms with Gasteiger partial charge in [-0.1, -0.05) is 12.1 Å². The van der Waals surface area contributed by atoms with Crippen molar-refractivity contribution in [1.29, 1.82) is 0 Å². The summed E-state index contributed by atoms with van der Waals surface area (Å²) in [6.45, 7) is 2.31. The molecular weight excluding hydrogens is 362 g/mol. The molecule has 0 radical (unpaired) electrons. The third-order valence-electron chi connectivity index (χ3n) is 5.21. The van der Waals surface area contributed by atoms with Crippen LogP contribution in [0.2, 0.25) is 0 Å². The molecule has 8 heteroatoms. The highest BCUT2D eigenvalue weighted by atomic mass is 16.5. The number of benzene rings is 1. The number of rotatable bonds is 6. The number of hydrogen-bond acceptors (Lipinski definition) is 4. The summed E-state index contributed by atoms with van der Waals surface area (Å²) in [5, 5.41) is 14.8. The van der Waals surface area contributed by atoms with E-state index in [9.17, 15) is 14.4 Å². The summed E-state index contributed by atoms with van der Waals surface area (Å²) in [7, 11) is 0. The van der Waals surface area contributed by atoms with Crippen LogP contribution in [0.25, 0.3) is 0 Å². The average Bonchev–Trinajstić information content (AvgIpc) is 3.24. The first kappa shape index (κ1) is 20.1. The summed E-state index contributed by atoms with van der Waals surface area (Å²) in [6, 6.07) is 6.83. The molecule has 28 heavy (non-hydrogen) atoms. The third-order valence-corrected chi connectivity index (χ3v) is 5.21. The molecule has 2 aliphatic heterocycles. The van der Waals surface area contributed by atoms with E-state index in [-0.39, 0.29) is 31.1 Å². The zero-order valence-corrected chi connectivity index (χ0v) is 15.9. The van der Waals surface area contributed by atoms with Gasteiger partial charge in [-0.15, -0.1) is 0 Å². The molecule has 8 nitrogen and oxygen atoms in total. The van der Waals surface area contributed by atoms with Crippen LogP contribution in [0.5, 0.6) is 0 Å². The predicted octanol–water partition coefficient (Wildman–Crippen LogP) is 1.60. The number of carboxylic acids is 1. The SMILES string of the molecule is O=C(NCC1CCCO1)c1cccc(CNC(=O)N2CCCC(C(=O)O)C2)c1. The summed E-state index contributed by atoms with van der Waals surface area (Å²) >= 11 is 0. The molecule has 2 atom stereocenters. The van der Waals surface area contributed by atoms with E-state index in [4.69, 9.17) is 9.84 Å². The first-order chi connectivity index (χ1) is 13.5. The molecule has 0 aliphatic carbocycles. The van der Waals surface area contributed by atoms with Crippen LogP contribution >= 0.6 is 0 Å². The molecular formula is C20H27N3O5. The van der Waals surface area contributed by atoms with Gasteiger partial charge in [0.1, 0.15) is 0 Å². The van der Waals surface area contributed by atoms with E-state index in [0.29, 0.717) is 31.5 Å². The van der Waals surface area contributed by atoms with E-state index >= 15 is 0 Å². The van der Waals surface area contributed by atoms with E-state index in [1.54, 1.807) is 23.1 Å². The van der Waals surface area contributed by atoms with Crippen molar-refractivity contribution in [1.82, 2.24) is 15.5 Å². The van der Waals surface area contributed by atoms with Crippen molar-refractivity contribution in [2.45, 2.75) is 38.3 Å². The largest absolute Gasteiger partial charge is 0.481 e. The first-order valence-electron chi connectivity index (χ1n) is 9.77. The third kappa shape index (κ3) is 5.45. The van der Waals surface area contributed by atoms with Crippen LogP contribution in [-0.2, 0) is 16.1 Å². The number of piperidine rings is 1. The summed E-state index contributed by atoms with van der Waals surface area (Å²) in [5.74, 6) is -1.53. The summed E-state index contributed by atoms with van der Waals surface area (Å²) < 4.78 is 5.50. The van der Waals surface area contributed by atoms with E-state index < -0.39 is 11.9 Å². The first-order valence-corrected chi connectivity index (χ1v) is 9.77. The Bertz CT molecular complexity index is 718. The number of carboxylic acid groups (broad SMARTS) is 1. The van der Waals surface area contributed by atoms with Gasteiger partial charge in [0.05, 0.1) is 12.0 Å². The Kier molecular flexibility index (Phi) is 6.86. The van der Waals surface area contributed by atoms with Gasteiger partial charge >= 0.3 is 12.0 Å². The summed E-state index contributed by atoms with van der Waals surface area (Å²) in [5.41, 5.74) is 1.35. The lowest BCUT2D eigenvalue weighted by atomic mass is 9.99. The number of urea groups is 1. The van der Waals surface area contributed by atoms with Crippen LogP contribution < -0.4 is 10.6 Å². The fraction of sp³-hybridized carbons (Fsp3) is 0.550. The number of amides is 3. The Labute approximate surface area is 164 Å². The fourth-order valence-electron chi connectivity index (χ4n) is 3.59. The Balaban J connectivity index is 1.49. The fourth-order valence-corrected chi connectivity index (χ4v) is 3.59. The number of carbonyl (C=O) groups is 3. The zero-order valence-electron chi connectivity index (χ0n) is 15.9. The highest BCUT2D eigenvalue weighted by Gasteiger charge is 2.28. The van der Waals surface area contributed by atoms with Gasteiger partial charge in [-0.3, -0.25) is 9.59 Å². The highest BCUT2D eigenvalue weighted by molar-refractivity contribution is 5.94. The number of carbonyl (C=O) groups excluding carboxylic acids is 2. The molecule has 2 aliphatic rings. The van der Waals surface area contributed by atoms with Gasteiger partial charge in [-0.25, -0.2) is 4.79 Å². The molecule has 0 bridgehead atoms. The normalized spacial score (nSPS) is 21.9. The van der Waals surface area contributed by atoms with E-state index in [2.05, 4.69) is 10.6 Å². The van der Waals surface area contributed by atoms with E-state index in [1.807, 2.05) is 6.07 Å². The Hall–Kier alpha value is -2.61. The molecule has 2 unspecified atom stereocenters. The Morgan fingerprint density at radius 2 is 2.04 bits per heavy atom. The molecule has 2 fully saturated rings. The minimum absolute atomic E-state index is 0.0885. The van der Waals surface area contributed by atoms with Crippen LogP contribution in [0.3, 0.4) is 0 Å². The summed E-state index contributed by atoms with van der Waals surface area (Å²) in [6.07, 6.45) is 3.36. The van der Waals surface area contributed by atoms with Gasteiger partial charge in [0.2, 0.25) is 0 Å². The molecule has 3 N–H and O–H groups in total. The monoisotopic (exact) mass is 389 g/mol. The standard InChI is InChI=1S/C20H27N3O5/c24-18(21-12-17-7-3-9-28-17)15-5-1-4-14(10-15)11-22-20(27)23-8-2-6-16(13-23)19(25)26/h1,4-5,10,16-17H,2-3,6-9,11-13H2,(H,21,24)(H,22,27)(H,25,26). The number of nitrogens with one attached hydrogen (secondary N) is 2. The number of likely N-dealkylation sites (tertiary alicyclic amines) is 1. The summed E-state index contributed by atoms with van der Waals surface area (Å²) in [4.78, 5) is 37.3. The van der Waals surface area contributed by atoms with Gasteiger partial charge < -0.3 is 25.4 Å². The van der Waals surface area contributed by atoms with Gasteiger partial charge in [-0.2, -0.15) is 0 Å².